The molecule has 1 saturated heterocycles. The summed E-state index contributed by atoms with van der Waals surface area (Å²) in [6.07, 6.45) is 73.4. The van der Waals surface area contributed by atoms with Crippen LogP contribution in [0.15, 0.2) is 24.3 Å². The number of amides is 1. The maximum atomic E-state index is 13.1. The molecule has 0 spiro atoms. The van der Waals surface area contributed by atoms with Gasteiger partial charge >= 0.3 is 5.97 Å². The minimum atomic E-state index is -1.57. The van der Waals surface area contributed by atoms with E-state index in [0.717, 1.165) is 51.4 Å². The SMILES string of the molecule is CCCCCCCCCCCC/C=C/C(O)C(COC1OC(CO)C(O)C(O)C1O)NC(=O)CCCCCCCCCCCCCCCCCCC/C=C\CCCCCCCCCCCCCCCCOC(=O)CCCCCCCCCCCCCC. The van der Waals surface area contributed by atoms with Crippen molar-refractivity contribution in [3.63, 3.8) is 0 Å². The summed E-state index contributed by atoms with van der Waals surface area (Å²) in [6, 6.07) is -0.806. The molecule has 11 heteroatoms. The summed E-state index contributed by atoms with van der Waals surface area (Å²) in [5.41, 5.74) is 0. The first-order chi connectivity index (χ1) is 42.7. The van der Waals surface area contributed by atoms with E-state index < -0.39 is 49.5 Å². The van der Waals surface area contributed by atoms with Crippen molar-refractivity contribution in [2.75, 3.05) is 19.8 Å². The maximum Gasteiger partial charge on any atom is 0.305 e. The van der Waals surface area contributed by atoms with Crippen LogP contribution in [0.4, 0.5) is 0 Å². The molecule has 6 N–H and O–H groups in total. The van der Waals surface area contributed by atoms with E-state index in [-0.39, 0.29) is 18.5 Å². The van der Waals surface area contributed by atoms with Gasteiger partial charge in [-0.1, -0.05) is 340 Å². The fraction of sp³-hybridized carbons (Fsp3) is 0.921. The van der Waals surface area contributed by atoms with Gasteiger partial charge in [0.2, 0.25) is 5.91 Å². The van der Waals surface area contributed by atoms with E-state index in [2.05, 4.69) is 31.3 Å². The molecule has 1 aliphatic rings. The first-order valence-corrected chi connectivity index (χ1v) is 38.1. The number of aliphatic hydroxyl groups excluding tert-OH is 5. The zero-order valence-electron chi connectivity index (χ0n) is 57.3. The molecule has 1 heterocycles. The van der Waals surface area contributed by atoms with Gasteiger partial charge in [0.25, 0.3) is 0 Å². The number of carbonyl (C=O) groups is 2. The van der Waals surface area contributed by atoms with E-state index in [4.69, 9.17) is 14.2 Å². The van der Waals surface area contributed by atoms with Crippen LogP contribution in [0.25, 0.3) is 0 Å². The van der Waals surface area contributed by atoms with E-state index in [1.165, 1.54) is 308 Å². The molecule has 0 aromatic carbocycles. The fourth-order valence-electron chi connectivity index (χ4n) is 12.3. The average Bonchev–Trinajstić information content (AvgIpc) is 1.87. The summed E-state index contributed by atoms with van der Waals surface area (Å²) in [7, 11) is 0. The Bertz CT molecular complexity index is 1490. The summed E-state index contributed by atoms with van der Waals surface area (Å²) in [5, 5.41) is 54.5. The quantitative estimate of drug-likeness (QED) is 0.0195. The molecule has 1 aliphatic heterocycles. The molecule has 11 nitrogen and oxygen atoms in total. The van der Waals surface area contributed by atoms with Crippen LogP contribution in [-0.4, -0.2) is 100 Å². The van der Waals surface area contributed by atoms with Crippen molar-refractivity contribution in [2.24, 2.45) is 0 Å². The molecule has 1 amide bonds. The Labute approximate surface area is 537 Å². The number of unbranched alkanes of at least 4 members (excludes halogenated alkanes) is 52. The van der Waals surface area contributed by atoms with Gasteiger partial charge in [-0.15, -0.1) is 0 Å². The van der Waals surface area contributed by atoms with Crippen LogP contribution in [0, 0.1) is 0 Å². The zero-order valence-corrected chi connectivity index (χ0v) is 57.3. The lowest BCUT2D eigenvalue weighted by atomic mass is 9.99. The number of hydrogen-bond acceptors (Lipinski definition) is 10. The number of carbonyl (C=O) groups excluding carboxylic acids is 2. The maximum absolute atomic E-state index is 13.1. The first kappa shape index (κ1) is 83.2. The lowest BCUT2D eigenvalue weighted by Crippen LogP contribution is -2.60. The Hall–Kier alpha value is -1.86. The van der Waals surface area contributed by atoms with Crippen LogP contribution in [0.2, 0.25) is 0 Å². The average molecular weight is 1230 g/mol. The summed E-state index contributed by atoms with van der Waals surface area (Å²) >= 11 is 0. The van der Waals surface area contributed by atoms with Gasteiger partial charge in [0.15, 0.2) is 6.29 Å². The van der Waals surface area contributed by atoms with Crippen molar-refractivity contribution in [1.29, 1.82) is 0 Å². The van der Waals surface area contributed by atoms with E-state index in [1.807, 2.05) is 6.08 Å². The van der Waals surface area contributed by atoms with Crippen molar-refractivity contribution >= 4 is 11.9 Å². The van der Waals surface area contributed by atoms with E-state index in [0.29, 0.717) is 19.4 Å². The lowest BCUT2D eigenvalue weighted by Gasteiger charge is -2.40. The Kier molecular flexibility index (Phi) is 62.7. The van der Waals surface area contributed by atoms with Crippen molar-refractivity contribution < 1.29 is 49.3 Å². The Balaban J connectivity index is 1.91. The van der Waals surface area contributed by atoms with Crippen LogP contribution < -0.4 is 5.32 Å². The third-order valence-electron chi connectivity index (χ3n) is 18.3. The standard InChI is InChI=1S/C76H145NO10/c1-3-5-7-9-11-13-15-42-46-50-54-58-62-69(79)68(67-86-76-75(84)74(83)73(82)70(66-78)87-76)77-71(80)63-59-55-51-47-43-40-38-36-34-32-30-28-26-24-22-20-18-17-19-21-23-25-27-29-31-33-35-37-39-41-45-49-53-57-61-65-85-72(81)64-60-56-52-48-44-16-14-12-10-8-6-4-2/h19,21,58,62,68-70,73-76,78-79,82-84H,3-18,20,22-57,59-61,63-67H2,1-2H3,(H,77,80)/b21-19-,62-58+. The second kappa shape index (κ2) is 65.6. The smallest absolute Gasteiger partial charge is 0.305 e. The second-order valence-corrected chi connectivity index (χ2v) is 26.7. The first-order valence-electron chi connectivity index (χ1n) is 38.1. The molecular weight excluding hydrogens is 1090 g/mol. The molecule has 0 bridgehead atoms. The highest BCUT2D eigenvalue weighted by molar-refractivity contribution is 5.76. The third-order valence-corrected chi connectivity index (χ3v) is 18.3. The highest BCUT2D eigenvalue weighted by atomic mass is 16.7. The highest BCUT2D eigenvalue weighted by Crippen LogP contribution is 2.24. The van der Waals surface area contributed by atoms with E-state index in [1.54, 1.807) is 6.08 Å². The van der Waals surface area contributed by atoms with Crippen LogP contribution in [-0.2, 0) is 23.8 Å². The molecule has 1 fully saturated rings. The molecule has 87 heavy (non-hydrogen) atoms. The van der Waals surface area contributed by atoms with Crippen molar-refractivity contribution in [2.45, 2.75) is 429 Å². The third kappa shape index (κ3) is 54.4. The number of ether oxygens (including phenoxy) is 3. The van der Waals surface area contributed by atoms with Crippen LogP contribution >= 0.6 is 0 Å². The molecule has 7 atom stereocenters. The summed E-state index contributed by atoms with van der Waals surface area (Å²) in [6.45, 7) is 4.39. The van der Waals surface area contributed by atoms with Gasteiger partial charge in [0, 0.05) is 12.8 Å². The number of esters is 1. The minimum absolute atomic E-state index is 0.0149. The van der Waals surface area contributed by atoms with Crippen LogP contribution in [0.3, 0.4) is 0 Å². The summed E-state index contributed by atoms with van der Waals surface area (Å²) in [5.74, 6) is -0.161. The fourth-order valence-corrected chi connectivity index (χ4v) is 12.3. The molecule has 0 aromatic heterocycles. The molecule has 0 saturated carbocycles. The van der Waals surface area contributed by atoms with Crippen molar-refractivity contribution in [3.05, 3.63) is 24.3 Å². The number of nitrogens with one attached hydrogen (secondary N) is 1. The molecule has 7 unspecified atom stereocenters. The van der Waals surface area contributed by atoms with E-state index >= 15 is 0 Å². The topological polar surface area (TPSA) is 175 Å². The van der Waals surface area contributed by atoms with Crippen LogP contribution in [0.1, 0.15) is 386 Å². The predicted octanol–water partition coefficient (Wildman–Crippen LogP) is 20.0. The Morgan fingerprint density at radius 2 is 0.736 bits per heavy atom. The molecular formula is C76H145NO10. The van der Waals surface area contributed by atoms with E-state index in [9.17, 15) is 35.1 Å². The van der Waals surface area contributed by atoms with Gasteiger partial charge in [-0.05, 0) is 57.8 Å². The minimum Gasteiger partial charge on any atom is -0.466 e. The van der Waals surface area contributed by atoms with Gasteiger partial charge in [-0.25, -0.2) is 0 Å². The molecule has 1 rings (SSSR count). The monoisotopic (exact) mass is 1230 g/mol. The Morgan fingerprint density at radius 1 is 0.414 bits per heavy atom. The normalized spacial score (nSPS) is 17.9. The second-order valence-electron chi connectivity index (χ2n) is 26.7. The molecule has 0 radical (unpaired) electrons. The van der Waals surface area contributed by atoms with Gasteiger partial charge in [0.1, 0.15) is 24.4 Å². The number of rotatable bonds is 68. The Morgan fingerprint density at radius 3 is 1.10 bits per heavy atom. The number of aliphatic hydroxyl groups is 5. The number of hydrogen-bond donors (Lipinski definition) is 6. The van der Waals surface area contributed by atoms with Gasteiger partial charge < -0.3 is 45.1 Å². The van der Waals surface area contributed by atoms with Crippen LogP contribution in [0.5, 0.6) is 0 Å². The van der Waals surface area contributed by atoms with Crippen molar-refractivity contribution in [3.8, 4) is 0 Å². The van der Waals surface area contributed by atoms with Gasteiger partial charge in [-0.2, -0.15) is 0 Å². The van der Waals surface area contributed by atoms with Gasteiger partial charge in [-0.3, -0.25) is 9.59 Å². The zero-order chi connectivity index (χ0) is 63.0. The highest BCUT2D eigenvalue weighted by Gasteiger charge is 2.44. The van der Waals surface area contributed by atoms with Crippen molar-refractivity contribution in [1.82, 2.24) is 5.32 Å². The number of allylic oxidation sites excluding steroid dienone is 3. The largest absolute Gasteiger partial charge is 0.466 e. The molecule has 514 valence electrons. The summed E-state index contributed by atoms with van der Waals surface area (Å²) < 4.78 is 16.8. The molecule has 0 aliphatic carbocycles. The van der Waals surface area contributed by atoms with Gasteiger partial charge in [0.05, 0.1) is 32.0 Å². The predicted molar refractivity (Wildman–Crippen MR) is 366 cm³/mol. The lowest BCUT2D eigenvalue weighted by molar-refractivity contribution is -0.302. The molecule has 0 aromatic rings. The summed E-state index contributed by atoms with van der Waals surface area (Å²) in [4.78, 5) is 25.1.